The molecule has 3 rings (SSSR count). The SMILES string of the molecule is CC1=C(C(=O)OC(C)C)[C@H](c2ccccc2F)NC(=O)N1Cc1ccccc1. The maximum absolute atomic E-state index is 14.4. The molecular formula is C22H23FN2O3. The highest BCUT2D eigenvalue weighted by Crippen LogP contribution is 2.33. The van der Waals surface area contributed by atoms with Crippen molar-refractivity contribution in [1.82, 2.24) is 10.2 Å². The summed E-state index contributed by atoms with van der Waals surface area (Å²) in [6, 6.07) is 14.2. The van der Waals surface area contributed by atoms with Crippen LogP contribution in [0.5, 0.6) is 0 Å². The van der Waals surface area contributed by atoms with E-state index in [9.17, 15) is 14.0 Å². The minimum atomic E-state index is -0.910. The van der Waals surface area contributed by atoms with Crippen LogP contribution in [0.25, 0.3) is 0 Å². The number of urea groups is 1. The van der Waals surface area contributed by atoms with E-state index in [1.807, 2.05) is 30.3 Å². The van der Waals surface area contributed by atoms with Gasteiger partial charge >= 0.3 is 12.0 Å². The van der Waals surface area contributed by atoms with Crippen LogP contribution < -0.4 is 5.32 Å². The molecule has 5 nitrogen and oxygen atoms in total. The first kappa shape index (κ1) is 19.6. The molecule has 2 amide bonds. The van der Waals surface area contributed by atoms with Gasteiger partial charge in [-0.3, -0.25) is 4.90 Å². The second-order valence-electron chi connectivity index (χ2n) is 6.93. The van der Waals surface area contributed by atoms with E-state index in [1.54, 1.807) is 39.0 Å². The molecule has 6 heteroatoms. The molecule has 0 bridgehead atoms. The molecule has 1 heterocycles. The van der Waals surface area contributed by atoms with Gasteiger partial charge in [0.1, 0.15) is 5.82 Å². The monoisotopic (exact) mass is 382 g/mol. The van der Waals surface area contributed by atoms with Crippen LogP contribution in [0.3, 0.4) is 0 Å². The first-order valence-electron chi connectivity index (χ1n) is 9.16. The number of amides is 2. The molecule has 0 fully saturated rings. The van der Waals surface area contributed by atoms with Crippen LogP contribution in [0, 0.1) is 5.82 Å². The lowest BCUT2D eigenvalue weighted by Crippen LogP contribution is -2.48. The van der Waals surface area contributed by atoms with Crippen LogP contribution in [-0.2, 0) is 16.1 Å². The highest BCUT2D eigenvalue weighted by molar-refractivity contribution is 5.95. The van der Waals surface area contributed by atoms with E-state index in [0.29, 0.717) is 12.2 Å². The van der Waals surface area contributed by atoms with Gasteiger partial charge in [0.15, 0.2) is 0 Å². The molecule has 1 atom stereocenters. The van der Waals surface area contributed by atoms with E-state index >= 15 is 0 Å². The Morgan fingerprint density at radius 3 is 2.43 bits per heavy atom. The molecule has 2 aromatic rings. The van der Waals surface area contributed by atoms with Gasteiger partial charge in [-0.05, 0) is 32.4 Å². The Morgan fingerprint density at radius 1 is 1.14 bits per heavy atom. The maximum Gasteiger partial charge on any atom is 0.338 e. The van der Waals surface area contributed by atoms with Crippen LogP contribution in [0.1, 0.15) is 37.9 Å². The Morgan fingerprint density at radius 2 is 1.79 bits per heavy atom. The summed E-state index contributed by atoms with van der Waals surface area (Å²) < 4.78 is 19.8. The number of hydrogen-bond acceptors (Lipinski definition) is 3. The second-order valence-corrected chi connectivity index (χ2v) is 6.93. The number of benzene rings is 2. The number of rotatable bonds is 5. The zero-order valence-corrected chi connectivity index (χ0v) is 16.1. The first-order valence-corrected chi connectivity index (χ1v) is 9.16. The molecule has 1 aliphatic rings. The van der Waals surface area contributed by atoms with Crippen LogP contribution in [0.2, 0.25) is 0 Å². The van der Waals surface area contributed by atoms with Crippen molar-refractivity contribution in [2.75, 3.05) is 0 Å². The number of carbonyl (C=O) groups is 2. The molecular weight excluding hydrogens is 359 g/mol. The fourth-order valence-corrected chi connectivity index (χ4v) is 3.22. The molecule has 1 aliphatic heterocycles. The summed E-state index contributed by atoms with van der Waals surface area (Å²) in [5, 5.41) is 2.77. The lowest BCUT2D eigenvalue weighted by atomic mass is 9.94. The van der Waals surface area contributed by atoms with Crippen molar-refractivity contribution in [2.24, 2.45) is 0 Å². The Balaban J connectivity index is 2.06. The third-order valence-corrected chi connectivity index (χ3v) is 4.56. The molecule has 0 aromatic heterocycles. The summed E-state index contributed by atoms with van der Waals surface area (Å²) in [5.41, 5.74) is 1.82. The van der Waals surface area contributed by atoms with Crippen LogP contribution >= 0.6 is 0 Å². The predicted molar refractivity (Wildman–Crippen MR) is 104 cm³/mol. The van der Waals surface area contributed by atoms with Gasteiger partial charge in [0.2, 0.25) is 0 Å². The summed E-state index contributed by atoms with van der Waals surface area (Å²) >= 11 is 0. The largest absolute Gasteiger partial charge is 0.459 e. The third-order valence-electron chi connectivity index (χ3n) is 4.56. The Hall–Kier alpha value is -3.15. The van der Waals surface area contributed by atoms with E-state index in [0.717, 1.165) is 5.56 Å². The summed E-state index contributed by atoms with van der Waals surface area (Å²) in [6.07, 6.45) is -0.339. The summed E-state index contributed by atoms with van der Waals surface area (Å²) in [5.74, 6) is -1.06. The topological polar surface area (TPSA) is 58.6 Å². The van der Waals surface area contributed by atoms with Crippen LogP contribution in [0.15, 0.2) is 65.9 Å². The van der Waals surface area contributed by atoms with Crippen molar-refractivity contribution in [3.8, 4) is 0 Å². The van der Waals surface area contributed by atoms with Gasteiger partial charge in [-0.1, -0.05) is 48.5 Å². The van der Waals surface area contributed by atoms with Crippen LogP contribution in [-0.4, -0.2) is 23.0 Å². The van der Waals surface area contributed by atoms with E-state index in [-0.39, 0.29) is 17.2 Å². The fraction of sp³-hybridized carbons (Fsp3) is 0.273. The summed E-state index contributed by atoms with van der Waals surface area (Å²) in [4.78, 5) is 27.1. The van der Waals surface area contributed by atoms with Gasteiger partial charge in [0.25, 0.3) is 0 Å². The highest BCUT2D eigenvalue weighted by Gasteiger charge is 2.37. The summed E-state index contributed by atoms with van der Waals surface area (Å²) in [7, 11) is 0. The van der Waals surface area contributed by atoms with E-state index in [2.05, 4.69) is 5.32 Å². The number of esters is 1. The number of allylic oxidation sites excluding steroid dienone is 1. The van der Waals surface area contributed by atoms with Crippen molar-refractivity contribution in [3.05, 3.63) is 82.8 Å². The molecule has 0 saturated heterocycles. The first-order chi connectivity index (χ1) is 13.4. The van der Waals surface area contributed by atoms with E-state index < -0.39 is 23.9 Å². The van der Waals surface area contributed by atoms with Crippen molar-refractivity contribution >= 4 is 12.0 Å². The molecule has 0 spiro atoms. The van der Waals surface area contributed by atoms with Gasteiger partial charge in [-0.2, -0.15) is 0 Å². The van der Waals surface area contributed by atoms with Gasteiger partial charge in [0, 0.05) is 11.3 Å². The smallest absolute Gasteiger partial charge is 0.338 e. The van der Waals surface area contributed by atoms with Crippen molar-refractivity contribution in [1.29, 1.82) is 0 Å². The number of ether oxygens (including phenoxy) is 1. The number of nitrogens with zero attached hydrogens (tertiary/aromatic N) is 1. The predicted octanol–water partition coefficient (Wildman–Crippen LogP) is 4.32. The summed E-state index contributed by atoms with van der Waals surface area (Å²) in [6.45, 7) is 5.47. The zero-order valence-electron chi connectivity index (χ0n) is 16.1. The van der Waals surface area contributed by atoms with Gasteiger partial charge in [-0.15, -0.1) is 0 Å². The quantitative estimate of drug-likeness (QED) is 0.784. The third kappa shape index (κ3) is 4.06. The zero-order chi connectivity index (χ0) is 20.3. The molecule has 0 radical (unpaired) electrons. The number of halogens is 1. The second kappa shape index (κ2) is 8.25. The van der Waals surface area contributed by atoms with Gasteiger partial charge in [0.05, 0.1) is 24.3 Å². The lowest BCUT2D eigenvalue weighted by molar-refractivity contribution is -0.143. The molecule has 0 saturated carbocycles. The average Bonchev–Trinajstić information content (AvgIpc) is 2.65. The maximum atomic E-state index is 14.4. The molecule has 0 aliphatic carbocycles. The molecule has 1 N–H and O–H groups in total. The number of carbonyl (C=O) groups excluding carboxylic acids is 2. The van der Waals surface area contributed by atoms with Gasteiger partial charge in [-0.25, -0.2) is 14.0 Å². The Kier molecular flexibility index (Phi) is 5.78. The minimum Gasteiger partial charge on any atom is -0.459 e. The Bertz CT molecular complexity index is 909. The minimum absolute atomic E-state index is 0.227. The van der Waals surface area contributed by atoms with E-state index in [1.165, 1.54) is 11.0 Å². The van der Waals surface area contributed by atoms with Gasteiger partial charge < -0.3 is 10.1 Å². The molecule has 2 aromatic carbocycles. The van der Waals surface area contributed by atoms with Crippen molar-refractivity contribution in [3.63, 3.8) is 0 Å². The van der Waals surface area contributed by atoms with Crippen LogP contribution in [0.4, 0.5) is 9.18 Å². The standard InChI is InChI=1S/C22H23FN2O3/c1-14(2)28-21(26)19-15(3)25(13-16-9-5-4-6-10-16)22(27)24-20(19)17-11-7-8-12-18(17)23/h4-12,14,20H,13H2,1-3H3,(H,24,27)/t20-/m0/s1. The lowest BCUT2D eigenvalue weighted by Gasteiger charge is -2.35. The van der Waals surface area contributed by atoms with Crippen molar-refractivity contribution in [2.45, 2.75) is 39.5 Å². The number of hydrogen-bond donors (Lipinski definition) is 1. The average molecular weight is 382 g/mol. The normalized spacial score (nSPS) is 17.0. The van der Waals surface area contributed by atoms with Crippen molar-refractivity contribution < 1.29 is 18.7 Å². The Labute approximate surface area is 163 Å². The highest BCUT2D eigenvalue weighted by atomic mass is 19.1. The number of nitrogens with one attached hydrogen (secondary N) is 1. The molecule has 146 valence electrons. The molecule has 0 unspecified atom stereocenters. The fourth-order valence-electron chi connectivity index (χ4n) is 3.22. The van der Waals surface area contributed by atoms with E-state index in [4.69, 9.17) is 4.74 Å². The molecule has 28 heavy (non-hydrogen) atoms.